The lowest BCUT2D eigenvalue weighted by Gasteiger charge is -2.10. The monoisotopic (exact) mass is 383 g/mol. The van der Waals surface area contributed by atoms with Crippen LogP contribution in [0.5, 0.6) is 0 Å². The molecule has 2 aromatic heterocycles. The first-order valence-corrected chi connectivity index (χ1v) is 10.2. The Kier molecular flexibility index (Phi) is 6.45. The van der Waals surface area contributed by atoms with Crippen molar-refractivity contribution in [2.75, 3.05) is 12.3 Å². The zero-order valence-electron chi connectivity index (χ0n) is 16.0. The Labute approximate surface area is 163 Å². The van der Waals surface area contributed by atoms with E-state index in [1.807, 2.05) is 32.0 Å². The van der Waals surface area contributed by atoms with Gasteiger partial charge in [-0.05, 0) is 31.4 Å². The van der Waals surface area contributed by atoms with Crippen LogP contribution in [0.3, 0.4) is 0 Å². The summed E-state index contributed by atoms with van der Waals surface area (Å²) in [6.07, 6.45) is 2.87. The van der Waals surface area contributed by atoms with Crippen LogP contribution in [0, 0.1) is 13.8 Å². The summed E-state index contributed by atoms with van der Waals surface area (Å²) in [7, 11) is 0. The van der Waals surface area contributed by atoms with Crippen LogP contribution in [0.25, 0.3) is 5.78 Å². The average Bonchev–Trinajstić information content (AvgIpc) is 3.07. The Morgan fingerprint density at radius 3 is 2.70 bits per heavy atom. The molecule has 6 nitrogen and oxygen atoms in total. The maximum absolute atomic E-state index is 11.9. The molecular weight excluding hydrogens is 358 g/mol. The fourth-order valence-electron chi connectivity index (χ4n) is 2.89. The second-order valence-electron chi connectivity index (χ2n) is 6.52. The molecule has 0 aliphatic rings. The van der Waals surface area contributed by atoms with Gasteiger partial charge in [0.05, 0.1) is 5.75 Å². The molecule has 0 bridgehead atoms. The van der Waals surface area contributed by atoms with Gasteiger partial charge in [-0.25, -0.2) is 9.50 Å². The second kappa shape index (κ2) is 8.99. The van der Waals surface area contributed by atoms with E-state index < -0.39 is 0 Å². The highest BCUT2D eigenvalue weighted by Crippen LogP contribution is 2.20. The number of carbonyl (C=O) groups excluding carboxylic acids is 1. The van der Waals surface area contributed by atoms with Gasteiger partial charge in [-0.1, -0.05) is 55.4 Å². The van der Waals surface area contributed by atoms with E-state index in [-0.39, 0.29) is 5.91 Å². The minimum atomic E-state index is 0.0120. The molecule has 0 atom stereocenters. The van der Waals surface area contributed by atoms with Gasteiger partial charge < -0.3 is 5.32 Å². The van der Waals surface area contributed by atoms with Gasteiger partial charge in [0, 0.05) is 24.4 Å². The quantitative estimate of drug-likeness (QED) is 0.477. The summed E-state index contributed by atoms with van der Waals surface area (Å²) >= 11 is 1.34. The molecule has 1 aromatic carbocycles. The normalized spacial score (nSPS) is 11.1. The van der Waals surface area contributed by atoms with Crippen LogP contribution in [0.4, 0.5) is 0 Å². The number of benzene rings is 1. The first kappa shape index (κ1) is 19.4. The van der Waals surface area contributed by atoms with Crippen molar-refractivity contribution in [3.05, 3.63) is 52.8 Å². The topological polar surface area (TPSA) is 72.2 Å². The summed E-state index contributed by atoms with van der Waals surface area (Å²) in [4.78, 5) is 21.0. The van der Waals surface area contributed by atoms with Gasteiger partial charge in [-0.2, -0.15) is 4.98 Å². The second-order valence-corrected chi connectivity index (χ2v) is 7.46. The van der Waals surface area contributed by atoms with Gasteiger partial charge >= 0.3 is 0 Å². The summed E-state index contributed by atoms with van der Waals surface area (Å²) in [6, 6.07) is 10.3. The number of aryl methyl sites for hydroxylation is 2. The number of amides is 1. The molecule has 1 amide bonds. The predicted octanol–water partition coefficient (Wildman–Crippen LogP) is 3.34. The maximum Gasteiger partial charge on any atom is 0.253 e. The van der Waals surface area contributed by atoms with Gasteiger partial charge in [0.15, 0.2) is 0 Å². The summed E-state index contributed by atoms with van der Waals surface area (Å²) < 4.78 is 1.78. The predicted molar refractivity (Wildman–Crippen MR) is 108 cm³/mol. The van der Waals surface area contributed by atoms with E-state index in [1.54, 1.807) is 4.52 Å². The molecule has 2 heterocycles. The third-order valence-corrected chi connectivity index (χ3v) is 5.28. The van der Waals surface area contributed by atoms with Gasteiger partial charge in [0.25, 0.3) is 5.78 Å². The van der Waals surface area contributed by atoms with Crippen LogP contribution in [-0.4, -0.2) is 37.8 Å². The number of thioether (sulfide) groups is 1. The summed E-state index contributed by atoms with van der Waals surface area (Å²) in [5, 5.41) is 8.03. The van der Waals surface area contributed by atoms with Gasteiger partial charge in [0.2, 0.25) is 11.1 Å². The third kappa shape index (κ3) is 4.86. The average molecular weight is 384 g/mol. The van der Waals surface area contributed by atoms with Crippen LogP contribution >= 0.6 is 11.8 Å². The Morgan fingerprint density at radius 1 is 1.19 bits per heavy atom. The number of carbonyl (C=O) groups is 1. The summed E-state index contributed by atoms with van der Waals surface area (Å²) in [5.74, 6) is 0.906. The first-order valence-electron chi connectivity index (χ1n) is 9.24. The standard InChI is InChI=1S/C20H25N5OS/c1-4-5-11-21-18(26)13-27-20-23-19-22-14(2)17(15(3)25(19)24-20)12-16-9-7-6-8-10-16/h6-10H,4-5,11-13H2,1-3H3,(H,21,26). The maximum atomic E-state index is 11.9. The summed E-state index contributed by atoms with van der Waals surface area (Å²) in [5.41, 5.74) is 4.40. The lowest BCUT2D eigenvalue weighted by atomic mass is 10.0. The minimum absolute atomic E-state index is 0.0120. The van der Waals surface area contributed by atoms with E-state index >= 15 is 0 Å². The van der Waals surface area contributed by atoms with E-state index in [2.05, 4.69) is 39.4 Å². The Morgan fingerprint density at radius 2 is 1.96 bits per heavy atom. The number of hydrogen-bond donors (Lipinski definition) is 1. The molecule has 27 heavy (non-hydrogen) atoms. The molecule has 0 unspecified atom stereocenters. The van der Waals surface area contributed by atoms with Crippen LogP contribution in [0.15, 0.2) is 35.5 Å². The number of rotatable bonds is 8. The number of nitrogens with one attached hydrogen (secondary N) is 1. The zero-order chi connectivity index (χ0) is 19.2. The van der Waals surface area contributed by atoms with Crippen LogP contribution in [0.1, 0.15) is 42.3 Å². The Balaban J connectivity index is 1.75. The molecule has 142 valence electrons. The Hall–Kier alpha value is -2.41. The van der Waals surface area contributed by atoms with Crippen molar-refractivity contribution >= 4 is 23.4 Å². The number of hydrogen-bond acceptors (Lipinski definition) is 5. The molecule has 3 rings (SSSR count). The van der Waals surface area contributed by atoms with Crippen molar-refractivity contribution in [3.8, 4) is 0 Å². The molecule has 0 saturated carbocycles. The van der Waals surface area contributed by atoms with Crippen LogP contribution in [0.2, 0.25) is 0 Å². The van der Waals surface area contributed by atoms with Crippen molar-refractivity contribution in [3.63, 3.8) is 0 Å². The molecule has 0 radical (unpaired) electrons. The fraction of sp³-hybridized carbons (Fsp3) is 0.400. The van der Waals surface area contributed by atoms with Gasteiger partial charge in [0.1, 0.15) is 0 Å². The van der Waals surface area contributed by atoms with Crippen molar-refractivity contribution in [2.24, 2.45) is 0 Å². The molecule has 0 aliphatic heterocycles. The fourth-order valence-corrected chi connectivity index (χ4v) is 3.54. The zero-order valence-corrected chi connectivity index (χ0v) is 16.8. The number of aromatic nitrogens is 4. The molecule has 0 saturated heterocycles. The lowest BCUT2D eigenvalue weighted by molar-refractivity contribution is -0.118. The van der Waals surface area contributed by atoms with Crippen LogP contribution in [-0.2, 0) is 11.2 Å². The molecule has 0 aliphatic carbocycles. The number of unbranched alkanes of at least 4 members (excludes halogenated alkanes) is 1. The Bertz CT molecular complexity index is 923. The van der Waals surface area contributed by atoms with Crippen molar-refractivity contribution in [1.29, 1.82) is 0 Å². The smallest absolute Gasteiger partial charge is 0.253 e. The van der Waals surface area contributed by atoms with E-state index in [1.165, 1.54) is 17.3 Å². The first-order chi connectivity index (χ1) is 13.1. The molecule has 3 aromatic rings. The molecule has 0 fully saturated rings. The van der Waals surface area contributed by atoms with E-state index in [0.29, 0.717) is 16.7 Å². The van der Waals surface area contributed by atoms with Crippen molar-refractivity contribution < 1.29 is 4.79 Å². The number of fused-ring (bicyclic) bond motifs is 1. The molecular formula is C20H25N5OS. The van der Waals surface area contributed by atoms with Crippen molar-refractivity contribution in [2.45, 2.75) is 45.2 Å². The highest BCUT2D eigenvalue weighted by molar-refractivity contribution is 7.99. The van der Waals surface area contributed by atoms with E-state index in [0.717, 1.165) is 42.8 Å². The van der Waals surface area contributed by atoms with Crippen LogP contribution < -0.4 is 5.32 Å². The molecule has 7 heteroatoms. The van der Waals surface area contributed by atoms with Crippen molar-refractivity contribution in [1.82, 2.24) is 24.9 Å². The third-order valence-electron chi connectivity index (χ3n) is 4.44. The molecule has 0 spiro atoms. The minimum Gasteiger partial charge on any atom is -0.355 e. The number of nitrogens with zero attached hydrogens (tertiary/aromatic N) is 4. The largest absolute Gasteiger partial charge is 0.355 e. The van der Waals surface area contributed by atoms with E-state index in [9.17, 15) is 4.79 Å². The van der Waals surface area contributed by atoms with E-state index in [4.69, 9.17) is 0 Å². The van der Waals surface area contributed by atoms with Gasteiger partial charge in [-0.15, -0.1) is 5.10 Å². The molecule has 1 N–H and O–H groups in total. The highest BCUT2D eigenvalue weighted by atomic mass is 32.2. The highest BCUT2D eigenvalue weighted by Gasteiger charge is 2.15. The lowest BCUT2D eigenvalue weighted by Crippen LogP contribution is -2.26. The summed E-state index contributed by atoms with van der Waals surface area (Å²) in [6.45, 7) is 6.87. The SMILES string of the molecule is CCCCNC(=O)CSc1nc2nc(C)c(Cc3ccccc3)c(C)n2n1. The van der Waals surface area contributed by atoms with Gasteiger partial charge in [-0.3, -0.25) is 4.79 Å².